The van der Waals surface area contributed by atoms with Crippen molar-refractivity contribution in [3.63, 3.8) is 0 Å². The fourth-order valence-corrected chi connectivity index (χ4v) is 4.68. The molecular weight excluding hydrogens is 427 g/mol. The zero-order chi connectivity index (χ0) is 22.2. The molecule has 3 aromatic rings. The van der Waals surface area contributed by atoms with Gasteiger partial charge in [-0.3, -0.25) is 14.2 Å². The van der Waals surface area contributed by atoms with Crippen LogP contribution in [-0.2, 0) is 17.5 Å². The number of anilines is 1. The number of carbonyl (C=O) groups excluding carboxylic acids is 1. The number of hydrogen-bond donors (Lipinski definition) is 0. The second kappa shape index (κ2) is 8.37. The smallest absolute Gasteiger partial charge is 0.311 e. The molecule has 0 saturated carbocycles. The maximum absolute atomic E-state index is 13.3. The van der Waals surface area contributed by atoms with E-state index in [9.17, 15) is 22.8 Å². The molecule has 0 radical (unpaired) electrons. The van der Waals surface area contributed by atoms with Gasteiger partial charge in [0.25, 0.3) is 5.56 Å². The number of amides is 1. The van der Waals surface area contributed by atoms with Crippen molar-refractivity contribution in [2.24, 2.45) is 0 Å². The van der Waals surface area contributed by atoms with Crippen molar-refractivity contribution < 1.29 is 18.0 Å². The van der Waals surface area contributed by atoms with E-state index in [0.717, 1.165) is 12.1 Å². The summed E-state index contributed by atoms with van der Waals surface area (Å²) >= 11 is 1.47. The average molecular weight is 447 g/mol. The molecule has 0 saturated heterocycles. The largest absolute Gasteiger partial charge is 0.416 e. The Morgan fingerprint density at radius 3 is 2.77 bits per heavy atom. The Morgan fingerprint density at radius 2 is 2.00 bits per heavy atom. The van der Waals surface area contributed by atoms with Crippen LogP contribution in [0.1, 0.15) is 25.3 Å². The van der Waals surface area contributed by atoms with Crippen LogP contribution in [0, 0.1) is 0 Å². The van der Waals surface area contributed by atoms with Gasteiger partial charge >= 0.3 is 6.18 Å². The maximum Gasteiger partial charge on any atom is 0.416 e. The summed E-state index contributed by atoms with van der Waals surface area (Å²) < 4.78 is 41.1. The van der Waals surface area contributed by atoms with Gasteiger partial charge in [0.2, 0.25) is 5.91 Å². The van der Waals surface area contributed by atoms with Crippen molar-refractivity contribution in [2.75, 3.05) is 11.4 Å². The van der Waals surface area contributed by atoms with E-state index in [1.165, 1.54) is 33.6 Å². The first kappa shape index (κ1) is 21.4. The van der Waals surface area contributed by atoms with Crippen molar-refractivity contribution in [1.29, 1.82) is 0 Å². The van der Waals surface area contributed by atoms with Gasteiger partial charge in [0.05, 0.1) is 28.5 Å². The Bertz CT molecular complexity index is 1190. The summed E-state index contributed by atoms with van der Waals surface area (Å²) in [4.78, 5) is 32.0. The summed E-state index contributed by atoms with van der Waals surface area (Å²) in [5.74, 6) is -0.324. The van der Waals surface area contributed by atoms with Crippen LogP contribution in [0.2, 0.25) is 0 Å². The molecule has 0 bridgehead atoms. The number of halogens is 3. The zero-order valence-corrected chi connectivity index (χ0v) is 17.5. The van der Waals surface area contributed by atoms with Crippen molar-refractivity contribution >= 4 is 34.3 Å². The second-order valence-corrected chi connectivity index (χ2v) is 8.93. The number of aryl methyl sites for hydroxylation is 1. The lowest BCUT2D eigenvalue weighted by molar-refractivity contribution is -0.137. The van der Waals surface area contributed by atoms with E-state index in [2.05, 4.69) is 4.98 Å². The van der Waals surface area contributed by atoms with Gasteiger partial charge < -0.3 is 4.90 Å². The second-order valence-electron chi connectivity index (χ2n) is 7.45. The average Bonchev–Trinajstić information content (AvgIpc) is 2.90. The molecule has 1 aliphatic rings. The first-order valence-corrected chi connectivity index (χ1v) is 10.7. The van der Waals surface area contributed by atoms with Gasteiger partial charge in [0, 0.05) is 29.7 Å². The van der Waals surface area contributed by atoms with Crippen LogP contribution in [0.15, 0.2) is 58.5 Å². The van der Waals surface area contributed by atoms with Crippen molar-refractivity contribution in [3.8, 4) is 0 Å². The summed E-state index contributed by atoms with van der Waals surface area (Å²) in [6.45, 7) is 2.41. The summed E-state index contributed by atoms with van der Waals surface area (Å²) in [6.07, 6.45) is -2.46. The molecule has 31 heavy (non-hydrogen) atoms. The minimum atomic E-state index is -4.49. The topological polar surface area (TPSA) is 55.2 Å². The molecule has 1 unspecified atom stereocenters. The first-order chi connectivity index (χ1) is 14.7. The minimum Gasteiger partial charge on any atom is -0.311 e. The van der Waals surface area contributed by atoms with Crippen molar-refractivity contribution in [3.05, 3.63) is 64.7 Å². The predicted octanol–water partition coefficient (Wildman–Crippen LogP) is 4.72. The Hall–Kier alpha value is -2.81. The van der Waals surface area contributed by atoms with Gasteiger partial charge in [-0.1, -0.05) is 19.1 Å². The van der Waals surface area contributed by atoms with Gasteiger partial charge in [-0.25, -0.2) is 4.98 Å². The lowest BCUT2D eigenvalue weighted by atomic mass is 10.1. The molecule has 0 N–H and O–H groups in total. The Balaban J connectivity index is 1.60. The Kier molecular flexibility index (Phi) is 5.79. The number of hydrogen-bond acceptors (Lipinski definition) is 4. The maximum atomic E-state index is 13.3. The van der Waals surface area contributed by atoms with Gasteiger partial charge in [-0.2, -0.15) is 13.2 Å². The van der Waals surface area contributed by atoms with Crippen LogP contribution in [-0.4, -0.2) is 27.3 Å². The molecule has 0 spiro atoms. The molecule has 5 nitrogen and oxygen atoms in total. The van der Waals surface area contributed by atoms with Crippen molar-refractivity contribution in [1.82, 2.24) is 9.55 Å². The fraction of sp³-hybridized carbons (Fsp3) is 0.318. The number of nitrogens with zero attached hydrogens (tertiary/aromatic N) is 3. The third kappa shape index (κ3) is 4.46. The molecule has 162 valence electrons. The molecule has 1 aromatic heterocycles. The van der Waals surface area contributed by atoms with Crippen LogP contribution >= 0.6 is 11.8 Å². The molecule has 0 aliphatic carbocycles. The third-order valence-corrected chi connectivity index (χ3v) is 6.50. The lowest BCUT2D eigenvalue weighted by Crippen LogP contribution is -2.34. The molecule has 2 heterocycles. The lowest BCUT2D eigenvalue weighted by Gasteiger charge is -2.24. The number of aromatic nitrogens is 2. The van der Waals surface area contributed by atoms with Crippen LogP contribution < -0.4 is 10.5 Å². The van der Waals surface area contributed by atoms with Crippen LogP contribution in [0.4, 0.5) is 18.9 Å². The van der Waals surface area contributed by atoms with Crippen LogP contribution in [0.5, 0.6) is 0 Å². The van der Waals surface area contributed by atoms with E-state index in [-0.39, 0.29) is 35.4 Å². The van der Waals surface area contributed by atoms with E-state index in [1.54, 1.807) is 24.3 Å². The predicted molar refractivity (Wildman–Crippen MR) is 114 cm³/mol. The normalized spacial score (nSPS) is 16.8. The van der Waals surface area contributed by atoms with Crippen LogP contribution in [0.3, 0.4) is 0 Å². The molecule has 2 aromatic carbocycles. The molecule has 1 aliphatic heterocycles. The fourth-order valence-electron chi connectivity index (χ4n) is 3.59. The van der Waals surface area contributed by atoms with E-state index >= 15 is 0 Å². The highest BCUT2D eigenvalue weighted by atomic mass is 32.2. The van der Waals surface area contributed by atoms with Crippen LogP contribution in [0.25, 0.3) is 10.9 Å². The number of thioether (sulfide) groups is 1. The molecule has 9 heteroatoms. The standard InChI is InChI=1S/C22H20F3N3O2S/c1-14-8-11-28(18-12-15(22(23,24)25)6-7-19(18)31-14)20(29)9-10-27-13-26-17-5-3-2-4-16(17)21(27)30/h2-7,12-14H,8-11H2,1H3. The van der Waals surface area contributed by atoms with Crippen molar-refractivity contribution in [2.45, 2.75) is 42.6 Å². The van der Waals surface area contributed by atoms with Gasteiger partial charge in [0.15, 0.2) is 0 Å². The Morgan fingerprint density at radius 1 is 1.23 bits per heavy atom. The van der Waals surface area contributed by atoms with E-state index in [4.69, 9.17) is 0 Å². The first-order valence-electron chi connectivity index (χ1n) is 9.86. The highest BCUT2D eigenvalue weighted by molar-refractivity contribution is 8.00. The van der Waals surface area contributed by atoms with Gasteiger partial charge in [0.1, 0.15) is 0 Å². The molecule has 1 atom stereocenters. The molecule has 0 fully saturated rings. The number of benzene rings is 2. The van der Waals surface area contributed by atoms with E-state index in [1.807, 2.05) is 6.92 Å². The highest BCUT2D eigenvalue weighted by Gasteiger charge is 2.33. The number of para-hydroxylation sites is 1. The summed E-state index contributed by atoms with van der Waals surface area (Å²) in [5.41, 5.74) is -0.187. The number of rotatable bonds is 3. The number of carbonyl (C=O) groups is 1. The summed E-state index contributed by atoms with van der Waals surface area (Å²) in [7, 11) is 0. The number of fused-ring (bicyclic) bond motifs is 2. The summed E-state index contributed by atoms with van der Waals surface area (Å²) in [5, 5.41) is 0.623. The number of alkyl halides is 3. The van der Waals surface area contributed by atoms with Gasteiger partial charge in [-0.15, -0.1) is 11.8 Å². The molecule has 4 rings (SSSR count). The summed E-state index contributed by atoms with van der Waals surface area (Å²) in [6, 6.07) is 10.5. The monoisotopic (exact) mass is 447 g/mol. The SMILES string of the molecule is CC1CCN(C(=O)CCn2cnc3ccccc3c2=O)c2cc(C(F)(F)F)ccc2S1. The van der Waals surface area contributed by atoms with E-state index < -0.39 is 11.7 Å². The minimum absolute atomic E-state index is 0.0192. The molecular formula is C22H20F3N3O2S. The zero-order valence-electron chi connectivity index (χ0n) is 16.7. The van der Waals surface area contributed by atoms with E-state index in [0.29, 0.717) is 28.8 Å². The quantitative estimate of drug-likeness (QED) is 0.583. The third-order valence-electron chi connectivity index (χ3n) is 5.26. The Labute approximate surface area is 180 Å². The van der Waals surface area contributed by atoms with Gasteiger partial charge in [-0.05, 0) is 36.8 Å². The molecule has 1 amide bonds. The highest BCUT2D eigenvalue weighted by Crippen LogP contribution is 2.41.